The lowest BCUT2D eigenvalue weighted by molar-refractivity contribution is 1.26. The van der Waals surface area contributed by atoms with E-state index in [-0.39, 0.29) is 0 Å². The van der Waals surface area contributed by atoms with Crippen molar-refractivity contribution in [3.63, 3.8) is 0 Å². The van der Waals surface area contributed by atoms with Crippen LogP contribution >= 0.6 is 0 Å². The van der Waals surface area contributed by atoms with Gasteiger partial charge in [-0.05, 0) is 222 Å². The lowest BCUT2D eigenvalue weighted by atomic mass is 9.87. The van der Waals surface area contributed by atoms with E-state index in [1.807, 2.05) is 0 Å². The van der Waals surface area contributed by atoms with E-state index in [1.54, 1.807) is 0 Å². The summed E-state index contributed by atoms with van der Waals surface area (Å²) < 4.78 is 0. The van der Waals surface area contributed by atoms with Crippen molar-refractivity contribution in [2.75, 3.05) is 14.7 Å². The maximum absolute atomic E-state index is 2.33. The Bertz CT molecular complexity index is 3170. The van der Waals surface area contributed by atoms with E-state index in [4.69, 9.17) is 0 Å². The fraction of sp³-hybridized carbons (Fsp3) is 0.120. The van der Waals surface area contributed by atoms with Crippen LogP contribution in [-0.2, 0) is 0 Å². The molecule has 78 heavy (non-hydrogen) atoms. The minimum atomic E-state index is 1.11. The molecule has 0 amide bonds. The largest absolute Gasteiger partial charge is 0.311 e. The molecule has 10 aromatic rings. The number of nitrogens with zero attached hydrogens (tertiary/aromatic N) is 3. The molecule has 3 nitrogen and oxygen atoms in total. The van der Waals surface area contributed by atoms with Crippen molar-refractivity contribution in [1.29, 1.82) is 0 Å². The average molecular weight is 1010 g/mol. The van der Waals surface area contributed by atoms with Crippen LogP contribution in [0.5, 0.6) is 0 Å². The van der Waals surface area contributed by atoms with E-state index in [9.17, 15) is 0 Å². The van der Waals surface area contributed by atoms with E-state index in [0.717, 1.165) is 67.9 Å². The van der Waals surface area contributed by atoms with E-state index in [1.165, 1.54) is 66.8 Å². The summed E-state index contributed by atoms with van der Waals surface area (Å²) in [4.78, 5) is 6.98. The summed E-state index contributed by atoms with van der Waals surface area (Å²) in [5, 5.41) is 0. The zero-order chi connectivity index (χ0) is 54.3. The first kappa shape index (κ1) is 52.3. The summed E-state index contributed by atoms with van der Waals surface area (Å²) in [5.74, 6) is 0. The molecule has 0 aliphatic heterocycles. The number of hydrogen-bond acceptors (Lipinski definition) is 3. The first-order valence-electron chi connectivity index (χ1n) is 27.1. The van der Waals surface area contributed by atoms with Crippen LogP contribution in [0.4, 0.5) is 51.2 Å². The Morgan fingerprint density at radius 1 is 0.179 bits per heavy atom. The molecule has 0 aliphatic rings. The zero-order valence-corrected chi connectivity index (χ0v) is 46.6. The molecule has 10 aromatic carbocycles. The molecule has 0 fully saturated rings. The molecule has 10 rings (SSSR count). The molecule has 0 N–H and O–H groups in total. The molecular formula is C75H69N3. The number of anilines is 9. The van der Waals surface area contributed by atoms with Crippen molar-refractivity contribution in [3.05, 3.63) is 302 Å². The van der Waals surface area contributed by atoms with Crippen molar-refractivity contribution >= 4 is 87.6 Å². The fourth-order valence-corrected chi connectivity index (χ4v) is 10.3. The highest BCUT2D eigenvalue weighted by Gasteiger charge is 2.17. The molecule has 0 aromatic heterocycles. The smallest absolute Gasteiger partial charge is 0.0462 e. The summed E-state index contributed by atoms with van der Waals surface area (Å²) in [6.45, 7) is 19.6. The van der Waals surface area contributed by atoms with Crippen LogP contribution in [0.3, 0.4) is 0 Å². The van der Waals surface area contributed by atoms with Crippen LogP contribution in [0.15, 0.2) is 218 Å². The molecule has 384 valence electrons. The number of benzene rings is 10. The molecule has 0 unspecified atom stereocenters. The molecule has 0 aliphatic carbocycles. The van der Waals surface area contributed by atoms with Crippen molar-refractivity contribution in [2.45, 2.75) is 62.3 Å². The highest BCUT2D eigenvalue weighted by Crippen LogP contribution is 2.39. The van der Waals surface area contributed by atoms with Crippen molar-refractivity contribution in [1.82, 2.24) is 0 Å². The van der Waals surface area contributed by atoms with Gasteiger partial charge in [0.05, 0.1) is 0 Å². The van der Waals surface area contributed by atoms with Gasteiger partial charge in [0.25, 0.3) is 0 Å². The average Bonchev–Trinajstić information content (AvgIpc) is 3.55. The van der Waals surface area contributed by atoms with Crippen LogP contribution in [0.1, 0.15) is 83.5 Å². The molecular weight excluding hydrogens is 943 g/mol. The molecule has 0 spiro atoms. The van der Waals surface area contributed by atoms with Crippen molar-refractivity contribution in [2.24, 2.45) is 0 Å². The van der Waals surface area contributed by atoms with Gasteiger partial charge in [0.1, 0.15) is 0 Å². The molecule has 0 bridgehead atoms. The van der Waals surface area contributed by atoms with Gasteiger partial charge in [-0.2, -0.15) is 0 Å². The SMILES string of the molecule is Cc1ccc(N(c2ccc(C)cc2)c2ccc(/C=C/c3c(C)c(/C=C/c4ccc(N(c5ccc(C)cc5)c5ccc(C)cc5)cc4)c(C)c(/C=C/c4ccc(N(c5ccc(C)cc5)c5ccc(C)cc5)cc4)c3C)cc2)cc1. The van der Waals surface area contributed by atoms with Crippen molar-refractivity contribution in [3.8, 4) is 0 Å². The highest BCUT2D eigenvalue weighted by molar-refractivity contribution is 5.87. The number of aryl methyl sites for hydroxylation is 6. The molecule has 0 saturated heterocycles. The van der Waals surface area contributed by atoms with Gasteiger partial charge in [-0.25, -0.2) is 0 Å². The van der Waals surface area contributed by atoms with E-state index in [2.05, 4.69) is 332 Å². The van der Waals surface area contributed by atoms with Gasteiger partial charge in [0, 0.05) is 51.2 Å². The standard InChI is InChI=1S/C75H69N3/c1-52-10-31-64(32-11-52)76(65-33-12-53(2)13-34-65)70-43-22-61(23-44-70)28-49-73-58(7)74(50-29-62-24-45-71(46-25-62)77(66-35-14-54(3)15-36-66)67-37-16-55(4)17-38-67)60(9)75(59(73)8)51-30-63-26-47-72(48-27-63)78(68-39-18-56(5)19-40-68)69-41-20-57(6)21-42-69/h10-51H,1-9H3/b49-28+,50-29+,51-30+. The topological polar surface area (TPSA) is 9.72 Å². The Kier molecular flexibility index (Phi) is 15.7. The van der Waals surface area contributed by atoms with Crippen LogP contribution < -0.4 is 14.7 Å². The number of hydrogen-bond donors (Lipinski definition) is 0. The third-order valence-electron chi connectivity index (χ3n) is 15.0. The Hall–Kier alpha value is -9.18. The maximum atomic E-state index is 2.33. The van der Waals surface area contributed by atoms with E-state index >= 15 is 0 Å². The lowest BCUT2D eigenvalue weighted by Gasteiger charge is -2.26. The molecule has 0 saturated carbocycles. The van der Waals surface area contributed by atoms with Crippen molar-refractivity contribution < 1.29 is 0 Å². The molecule has 0 atom stereocenters. The summed E-state index contributed by atoms with van der Waals surface area (Å²) in [5.41, 5.74) is 28.3. The zero-order valence-electron chi connectivity index (χ0n) is 46.6. The van der Waals surface area contributed by atoms with Gasteiger partial charge in [-0.15, -0.1) is 0 Å². The normalized spacial score (nSPS) is 11.5. The lowest BCUT2D eigenvalue weighted by Crippen LogP contribution is -2.09. The van der Waals surface area contributed by atoms with E-state index < -0.39 is 0 Å². The second-order valence-corrected chi connectivity index (χ2v) is 20.9. The quantitative estimate of drug-likeness (QED) is 0.0948. The van der Waals surface area contributed by atoms with Gasteiger partial charge < -0.3 is 14.7 Å². The fourth-order valence-electron chi connectivity index (χ4n) is 10.3. The Labute approximate surface area is 464 Å². The maximum Gasteiger partial charge on any atom is 0.0462 e. The van der Waals surface area contributed by atoms with Crippen LogP contribution in [-0.4, -0.2) is 0 Å². The van der Waals surface area contributed by atoms with Gasteiger partial charge in [-0.1, -0.05) is 179 Å². The summed E-state index contributed by atoms with van der Waals surface area (Å²) in [7, 11) is 0. The second-order valence-electron chi connectivity index (χ2n) is 20.9. The summed E-state index contributed by atoms with van der Waals surface area (Å²) in [6, 6.07) is 79.3. The minimum Gasteiger partial charge on any atom is -0.311 e. The van der Waals surface area contributed by atoms with Crippen LogP contribution in [0, 0.1) is 62.3 Å². The van der Waals surface area contributed by atoms with Gasteiger partial charge in [0.15, 0.2) is 0 Å². The van der Waals surface area contributed by atoms with E-state index in [0.29, 0.717) is 0 Å². The van der Waals surface area contributed by atoms with Gasteiger partial charge in [0.2, 0.25) is 0 Å². The Morgan fingerprint density at radius 2 is 0.321 bits per heavy atom. The van der Waals surface area contributed by atoms with Crippen LogP contribution in [0.2, 0.25) is 0 Å². The van der Waals surface area contributed by atoms with Gasteiger partial charge >= 0.3 is 0 Å². The molecule has 3 heteroatoms. The minimum absolute atomic E-state index is 1.11. The first-order chi connectivity index (χ1) is 37.8. The highest BCUT2D eigenvalue weighted by atomic mass is 15.2. The first-order valence-corrected chi connectivity index (χ1v) is 27.1. The monoisotopic (exact) mass is 1010 g/mol. The Balaban J connectivity index is 0.997. The van der Waals surface area contributed by atoms with Crippen LogP contribution in [0.25, 0.3) is 36.5 Å². The third kappa shape index (κ3) is 11.9. The predicted octanol–water partition coefficient (Wildman–Crippen LogP) is 21.4. The summed E-state index contributed by atoms with van der Waals surface area (Å²) >= 11 is 0. The van der Waals surface area contributed by atoms with Gasteiger partial charge in [-0.3, -0.25) is 0 Å². The molecule has 0 radical (unpaired) electrons. The summed E-state index contributed by atoms with van der Waals surface area (Å²) in [6.07, 6.45) is 13.7. The number of rotatable bonds is 15. The predicted molar refractivity (Wildman–Crippen MR) is 339 cm³/mol. The second kappa shape index (κ2) is 23.4. The third-order valence-corrected chi connectivity index (χ3v) is 15.0. The Morgan fingerprint density at radius 3 is 0.474 bits per heavy atom. The molecule has 0 heterocycles.